The molecule has 0 aliphatic rings. The van der Waals surface area contributed by atoms with E-state index in [2.05, 4.69) is 16.4 Å². The molecule has 0 aliphatic heterocycles. The summed E-state index contributed by atoms with van der Waals surface area (Å²) in [6.07, 6.45) is 0.972. The standard InChI is InChI=1S/C12H14N2O/c1-13-8-7-9-3-2-4-11-10(9)5-6-12(15)14-11/h2-6,13H,7-8H2,1H3,(H,14,15). The van der Waals surface area contributed by atoms with Crippen LogP contribution in [0, 0.1) is 0 Å². The summed E-state index contributed by atoms with van der Waals surface area (Å²) >= 11 is 0. The predicted molar refractivity (Wildman–Crippen MR) is 62.2 cm³/mol. The Morgan fingerprint density at radius 2 is 2.13 bits per heavy atom. The minimum atomic E-state index is -0.0479. The minimum Gasteiger partial charge on any atom is -0.322 e. The second-order valence-electron chi connectivity index (χ2n) is 3.55. The SMILES string of the molecule is CNCCc1cccc2[nH]c(=O)ccc12. The number of benzene rings is 1. The lowest BCUT2D eigenvalue weighted by Gasteiger charge is -2.05. The quantitative estimate of drug-likeness (QED) is 0.787. The molecule has 3 nitrogen and oxygen atoms in total. The minimum absolute atomic E-state index is 0.0479. The topological polar surface area (TPSA) is 44.9 Å². The summed E-state index contributed by atoms with van der Waals surface area (Å²) in [5.41, 5.74) is 2.13. The third-order valence-corrected chi connectivity index (χ3v) is 2.50. The highest BCUT2D eigenvalue weighted by Crippen LogP contribution is 2.15. The first-order chi connectivity index (χ1) is 7.31. The van der Waals surface area contributed by atoms with E-state index >= 15 is 0 Å². The molecule has 0 saturated heterocycles. The predicted octanol–water partition coefficient (Wildman–Crippen LogP) is 1.29. The van der Waals surface area contributed by atoms with E-state index < -0.39 is 0 Å². The zero-order valence-corrected chi connectivity index (χ0v) is 8.71. The zero-order chi connectivity index (χ0) is 10.7. The van der Waals surface area contributed by atoms with Crippen molar-refractivity contribution in [2.75, 3.05) is 13.6 Å². The fourth-order valence-corrected chi connectivity index (χ4v) is 1.73. The van der Waals surface area contributed by atoms with Gasteiger partial charge < -0.3 is 10.3 Å². The van der Waals surface area contributed by atoms with Crippen LogP contribution in [0.5, 0.6) is 0 Å². The second-order valence-corrected chi connectivity index (χ2v) is 3.55. The lowest BCUT2D eigenvalue weighted by Crippen LogP contribution is -2.11. The van der Waals surface area contributed by atoms with Gasteiger partial charge in [0.1, 0.15) is 0 Å². The Hall–Kier alpha value is -1.61. The summed E-state index contributed by atoms with van der Waals surface area (Å²) in [6.45, 7) is 0.943. The fourth-order valence-electron chi connectivity index (χ4n) is 1.73. The highest BCUT2D eigenvalue weighted by Gasteiger charge is 2.00. The summed E-state index contributed by atoms with van der Waals surface area (Å²) in [7, 11) is 1.94. The molecule has 0 amide bonds. The van der Waals surface area contributed by atoms with Gasteiger partial charge in [-0.15, -0.1) is 0 Å². The van der Waals surface area contributed by atoms with E-state index in [1.54, 1.807) is 6.07 Å². The van der Waals surface area contributed by atoms with Gasteiger partial charge in [0.05, 0.1) is 0 Å². The van der Waals surface area contributed by atoms with Crippen molar-refractivity contribution in [3.8, 4) is 0 Å². The third kappa shape index (κ3) is 2.07. The molecule has 0 spiro atoms. The van der Waals surface area contributed by atoms with Crippen LogP contribution in [-0.4, -0.2) is 18.6 Å². The number of hydrogen-bond donors (Lipinski definition) is 2. The molecule has 0 saturated carbocycles. The molecule has 2 rings (SSSR count). The average Bonchev–Trinajstić information content (AvgIpc) is 2.25. The molecular formula is C12H14N2O. The molecule has 0 unspecified atom stereocenters. The maximum absolute atomic E-state index is 11.1. The van der Waals surface area contributed by atoms with Crippen LogP contribution in [0.1, 0.15) is 5.56 Å². The Balaban J connectivity index is 2.51. The number of H-pyrrole nitrogens is 1. The molecule has 2 aromatic rings. The smallest absolute Gasteiger partial charge is 0.248 e. The summed E-state index contributed by atoms with van der Waals surface area (Å²) in [6, 6.07) is 9.46. The first kappa shape index (κ1) is 9.93. The highest BCUT2D eigenvalue weighted by molar-refractivity contribution is 5.81. The van der Waals surface area contributed by atoms with Crippen LogP contribution >= 0.6 is 0 Å². The van der Waals surface area contributed by atoms with Crippen molar-refractivity contribution in [1.82, 2.24) is 10.3 Å². The van der Waals surface area contributed by atoms with Gasteiger partial charge in [0.25, 0.3) is 0 Å². The Bertz CT molecular complexity index is 516. The fraction of sp³-hybridized carbons (Fsp3) is 0.250. The van der Waals surface area contributed by atoms with Gasteiger partial charge in [-0.05, 0) is 37.7 Å². The lowest BCUT2D eigenvalue weighted by molar-refractivity contribution is 0.795. The van der Waals surface area contributed by atoms with Crippen molar-refractivity contribution in [2.45, 2.75) is 6.42 Å². The summed E-state index contributed by atoms with van der Waals surface area (Å²) in [5.74, 6) is 0. The Kier molecular flexibility index (Phi) is 2.83. The van der Waals surface area contributed by atoms with E-state index in [0.717, 1.165) is 23.9 Å². The van der Waals surface area contributed by atoms with Crippen molar-refractivity contribution in [2.24, 2.45) is 0 Å². The van der Waals surface area contributed by atoms with E-state index in [0.29, 0.717) is 0 Å². The number of rotatable bonds is 3. The first-order valence-electron chi connectivity index (χ1n) is 5.07. The average molecular weight is 202 g/mol. The summed E-state index contributed by atoms with van der Waals surface area (Å²) in [4.78, 5) is 14.0. The van der Waals surface area contributed by atoms with Gasteiger partial charge in [-0.1, -0.05) is 12.1 Å². The van der Waals surface area contributed by atoms with Gasteiger partial charge in [0.2, 0.25) is 5.56 Å². The Labute approximate surface area is 88.1 Å². The Morgan fingerprint density at radius 1 is 1.27 bits per heavy atom. The number of pyridine rings is 1. The molecule has 78 valence electrons. The van der Waals surface area contributed by atoms with Gasteiger partial charge in [0, 0.05) is 17.0 Å². The van der Waals surface area contributed by atoms with Crippen molar-refractivity contribution in [3.63, 3.8) is 0 Å². The number of aromatic nitrogens is 1. The van der Waals surface area contributed by atoms with Gasteiger partial charge in [-0.2, -0.15) is 0 Å². The molecular weight excluding hydrogens is 188 g/mol. The van der Waals surface area contributed by atoms with Gasteiger partial charge in [0.15, 0.2) is 0 Å². The summed E-state index contributed by atoms with van der Waals surface area (Å²) in [5, 5.41) is 4.25. The van der Waals surface area contributed by atoms with Crippen LogP contribution in [-0.2, 0) is 6.42 Å². The van der Waals surface area contributed by atoms with Crippen molar-refractivity contribution in [3.05, 3.63) is 46.2 Å². The van der Waals surface area contributed by atoms with Crippen LogP contribution in [0.15, 0.2) is 35.1 Å². The van der Waals surface area contributed by atoms with Gasteiger partial charge >= 0.3 is 0 Å². The van der Waals surface area contributed by atoms with Crippen LogP contribution in [0.3, 0.4) is 0 Å². The normalized spacial score (nSPS) is 10.7. The molecule has 0 fully saturated rings. The van der Waals surface area contributed by atoms with Crippen LogP contribution in [0.4, 0.5) is 0 Å². The summed E-state index contributed by atoms with van der Waals surface area (Å²) < 4.78 is 0. The molecule has 0 aliphatic carbocycles. The number of nitrogens with one attached hydrogen (secondary N) is 2. The van der Waals surface area contributed by atoms with Crippen LogP contribution in [0.25, 0.3) is 10.9 Å². The molecule has 0 atom stereocenters. The van der Waals surface area contributed by atoms with Gasteiger partial charge in [-0.25, -0.2) is 0 Å². The van der Waals surface area contributed by atoms with Gasteiger partial charge in [-0.3, -0.25) is 4.79 Å². The van der Waals surface area contributed by atoms with Crippen molar-refractivity contribution < 1.29 is 0 Å². The highest BCUT2D eigenvalue weighted by atomic mass is 16.1. The monoisotopic (exact) mass is 202 g/mol. The number of aromatic amines is 1. The number of fused-ring (bicyclic) bond motifs is 1. The lowest BCUT2D eigenvalue weighted by atomic mass is 10.1. The van der Waals surface area contributed by atoms with Crippen LogP contribution in [0.2, 0.25) is 0 Å². The Morgan fingerprint density at radius 3 is 2.93 bits per heavy atom. The largest absolute Gasteiger partial charge is 0.322 e. The number of hydrogen-bond acceptors (Lipinski definition) is 2. The maximum atomic E-state index is 11.1. The van der Waals surface area contributed by atoms with E-state index in [1.807, 2.05) is 25.2 Å². The second kappa shape index (κ2) is 4.28. The van der Waals surface area contributed by atoms with Crippen LogP contribution < -0.4 is 10.9 Å². The van der Waals surface area contributed by atoms with Crippen molar-refractivity contribution in [1.29, 1.82) is 0 Å². The molecule has 1 aromatic heterocycles. The molecule has 0 radical (unpaired) electrons. The zero-order valence-electron chi connectivity index (χ0n) is 8.71. The third-order valence-electron chi connectivity index (χ3n) is 2.50. The van der Waals surface area contributed by atoms with E-state index in [1.165, 1.54) is 5.56 Å². The molecule has 15 heavy (non-hydrogen) atoms. The van der Waals surface area contributed by atoms with E-state index in [-0.39, 0.29) is 5.56 Å². The molecule has 1 aromatic carbocycles. The van der Waals surface area contributed by atoms with E-state index in [4.69, 9.17) is 0 Å². The molecule has 0 bridgehead atoms. The first-order valence-corrected chi connectivity index (χ1v) is 5.07. The molecule has 3 heteroatoms. The molecule has 1 heterocycles. The number of likely N-dealkylation sites (N-methyl/N-ethyl adjacent to an activating group) is 1. The maximum Gasteiger partial charge on any atom is 0.248 e. The molecule has 2 N–H and O–H groups in total. The van der Waals surface area contributed by atoms with E-state index in [9.17, 15) is 4.79 Å². The van der Waals surface area contributed by atoms with Crippen molar-refractivity contribution >= 4 is 10.9 Å².